The van der Waals surface area contributed by atoms with E-state index in [1.165, 1.54) is 17.4 Å². The minimum atomic E-state index is -3.47. The Hall–Kier alpha value is -1.40. The van der Waals surface area contributed by atoms with Crippen molar-refractivity contribution in [3.8, 4) is 0 Å². The predicted octanol–water partition coefficient (Wildman–Crippen LogP) is 1.28. The molecular formula is C16H22N2O3S. The number of anilines is 1. The van der Waals surface area contributed by atoms with Crippen LogP contribution in [0.2, 0.25) is 0 Å². The molecule has 0 bridgehead atoms. The fraction of sp³-hybridized carbons (Fsp3) is 0.562. The molecule has 1 aromatic carbocycles. The first-order valence-electron chi connectivity index (χ1n) is 7.76. The zero-order chi connectivity index (χ0) is 15.8. The van der Waals surface area contributed by atoms with Crippen LogP contribution in [0.5, 0.6) is 0 Å². The molecule has 2 aliphatic rings. The lowest BCUT2D eigenvalue weighted by Gasteiger charge is -2.34. The fourth-order valence-electron chi connectivity index (χ4n) is 3.49. The quantitative estimate of drug-likeness (QED) is 0.879. The van der Waals surface area contributed by atoms with Crippen LogP contribution in [0.25, 0.3) is 0 Å². The lowest BCUT2D eigenvalue weighted by atomic mass is 9.95. The lowest BCUT2D eigenvalue weighted by molar-refractivity contribution is -0.119. The summed E-state index contributed by atoms with van der Waals surface area (Å²) < 4.78 is 23.2. The summed E-state index contributed by atoms with van der Waals surface area (Å²) >= 11 is 0. The smallest absolute Gasteiger partial charge is 0.245 e. The Kier molecular flexibility index (Phi) is 3.99. The lowest BCUT2D eigenvalue weighted by Crippen LogP contribution is -2.55. The summed E-state index contributed by atoms with van der Waals surface area (Å²) in [5, 5.41) is 5.96. The molecule has 0 saturated carbocycles. The third-order valence-electron chi connectivity index (χ3n) is 4.89. The number of aryl methyl sites for hydroxylation is 2. The molecule has 1 fully saturated rings. The minimum Gasteiger partial charge on any atom is -0.325 e. The van der Waals surface area contributed by atoms with E-state index in [2.05, 4.69) is 10.6 Å². The van der Waals surface area contributed by atoms with Gasteiger partial charge in [-0.1, -0.05) is 6.07 Å². The zero-order valence-corrected chi connectivity index (χ0v) is 13.6. The van der Waals surface area contributed by atoms with Crippen LogP contribution in [0, 0.1) is 0 Å². The molecule has 6 heteroatoms. The monoisotopic (exact) mass is 322 g/mol. The molecule has 0 aromatic heterocycles. The molecule has 2 N–H and O–H groups in total. The number of rotatable bonds is 3. The van der Waals surface area contributed by atoms with E-state index >= 15 is 0 Å². The Balaban J connectivity index is 1.85. The number of carbonyl (C=O) groups is 1. The molecule has 0 spiro atoms. The SMILES string of the molecule is CS(=O)(=O)C1(C(=O)Nc2ccc3c(c2)CCC3)CCNCC1. The van der Waals surface area contributed by atoms with Gasteiger partial charge in [-0.2, -0.15) is 0 Å². The van der Waals surface area contributed by atoms with Crippen molar-refractivity contribution in [2.45, 2.75) is 36.9 Å². The number of sulfone groups is 1. The van der Waals surface area contributed by atoms with Crippen molar-refractivity contribution in [2.24, 2.45) is 0 Å². The van der Waals surface area contributed by atoms with Crippen molar-refractivity contribution < 1.29 is 13.2 Å². The number of benzene rings is 1. The minimum absolute atomic E-state index is 0.322. The molecule has 3 rings (SSSR count). The highest BCUT2D eigenvalue weighted by molar-refractivity contribution is 7.92. The molecule has 1 aliphatic carbocycles. The molecule has 1 heterocycles. The van der Waals surface area contributed by atoms with E-state index in [-0.39, 0.29) is 0 Å². The van der Waals surface area contributed by atoms with Crippen molar-refractivity contribution in [1.82, 2.24) is 5.32 Å². The molecule has 0 atom stereocenters. The fourth-order valence-corrected chi connectivity index (χ4v) is 4.82. The summed E-state index contributed by atoms with van der Waals surface area (Å²) in [7, 11) is -3.47. The third-order valence-corrected chi connectivity index (χ3v) is 6.90. The van der Waals surface area contributed by atoms with Crippen molar-refractivity contribution in [1.29, 1.82) is 0 Å². The van der Waals surface area contributed by atoms with Crippen molar-refractivity contribution in [3.63, 3.8) is 0 Å². The molecule has 1 saturated heterocycles. The maximum absolute atomic E-state index is 12.7. The van der Waals surface area contributed by atoms with E-state index < -0.39 is 20.5 Å². The Morgan fingerprint density at radius 3 is 2.55 bits per heavy atom. The van der Waals surface area contributed by atoms with Gasteiger partial charge in [0.15, 0.2) is 14.6 Å². The average molecular weight is 322 g/mol. The Bertz CT molecular complexity index is 691. The largest absolute Gasteiger partial charge is 0.325 e. The molecule has 1 aliphatic heterocycles. The molecule has 0 unspecified atom stereocenters. The summed E-state index contributed by atoms with van der Waals surface area (Å²) in [6, 6.07) is 5.89. The number of fused-ring (bicyclic) bond motifs is 1. The van der Waals surface area contributed by atoms with E-state index in [0.717, 1.165) is 19.3 Å². The first-order valence-corrected chi connectivity index (χ1v) is 9.65. The zero-order valence-electron chi connectivity index (χ0n) is 12.8. The maximum atomic E-state index is 12.7. The Labute approximate surface area is 131 Å². The van der Waals surface area contributed by atoms with E-state index in [1.54, 1.807) is 0 Å². The van der Waals surface area contributed by atoms with Gasteiger partial charge in [-0.05, 0) is 68.5 Å². The van der Waals surface area contributed by atoms with Crippen LogP contribution in [0.15, 0.2) is 18.2 Å². The van der Waals surface area contributed by atoms with Gasteiger partial charge >= 0.3 is 0 Å². The molecule has 0 radical (unpaired) electrons. The van der Waals surface area contributed by atoms with Gasteiger partial charge in [0, 0.05) is 11.9 Å². The van der Waals surface area contributed by atoms with Gasteiger partial charge in [0.1, 0.15) is 0 Å². The van der Waals surface area contributed by atoms with Gasteiger partial charge in [0.05, 0.1) is 0 Å². The number of hydrogen-bond acceptors (Lipinski definition) is 4. The topological polar surface area (TPSA) is 75.3 Å². The number of piperidine rings is 1. The normalized spacial score (nSPS) is 20.4. The molecule has 22 heavy (non-hydrogen) atoms. The van der Waals surface area contributed by atoms with E-state index in [1.807, 2.05) is 18.2 Å². The van der Waals surface area contributed by atoms with E-state index in [0.29, 0.717) is 31.6 Å². The second-order valence-corrected chi connectivity index (χ2v) is 8.63. The first-order chi connectivity index (χ1) is 10.4. The number of hydrogen-bond donors (Lipinski definition) is 2. The summed E-state index contributed by atoms with van der Waals surface area (Å²) in [5.74, 6) is -0.394. The van der Waals surface area contributed by atoms with Gasteiger partial charge < -0.3 is 10.6 Å². The van der Waals surface area contributed by atoms with Gasteiger partial charge in [0.25, 0.3) is 0 Å². The summed E-state index contributed by atoms with van der Waals surface area (Å²) in [6.07, 6.45) is 5.07. The average Bonchev–Trinajstić information content (AvgIpc) is 2.94. The molecule has 120 valence electrons. The molecular weight excluding hydrogens is 300 g/mol. The van der Waals surface area contributed by atoms with E-state index in [9.17, 15) is 13.2 Å². The summed E-state index contributed by atoms with van der Waals surface area (Å²) in [4.78, 5) is 12.7. The number of amides is 1. The predicted molar refractivity (Wildman–Crippen MR) is 86.8 cm³/mol. The van der Waals surface area contributed by atoms with E-state index in [4.69, 9.17) is 0 Å². The summed E-state index contributed by atoms with van der Waals surface area (Å²) in [6.45, 7) is 1.09. The van der Waals surface area contributed by atoms with Crippen LogP contribution in [0.4, 0.5) is 5.69 Å². The maximum Gasteiger partial charge on any atom is 0.245 e. The first kappa shape index (κ1) is 15.5. The standard InChI is InChI=1S/C16H22N2O3S/c1-22(20,21)16(7-9-17-10-8-16)15(19)18-14-6-5-12-3-2-4-13(12)11-14/h5-6,11,17H,2-4,7-10H2,1H3,(H,18,19). The van der Waals surface area contributed by atoms with Gasteiger partial charge in [-0.15, -0.1) is 0 Å². The van der Waals surface area contributed by atoms with Crippen LogP contribution >= 0.6 is 0 Å². The molecule has 1 amide bonds. The van der Waals surface area contributed by atoms with Crippen molar-refractivity contribution in [2.75, 3.05) is 24.7 Å². The van der Waals surface area contributed by atoms with Crippen LogP contribution in [0.3, 0.4) is 0 Å². The Morgan fingerprint density at radius 1 is 1.18 bits per heavy atom. The van der Waals surface area contributed by atoms with Gasteiger partial charge in [0.2, 0.25) is 5.91 Å². The van der Waals surface area contributed by atoms with Crippen LogP contribution in [-0.2, 0) is 27.5 Å². The highest BCUT2D eigenvalue weighted by Crippen LogP contribution is 2.30. The highest BCUT2D eigenvalue weighted by Gasteiger charge is 2.48. The summed E-state index contributed by atoms with van der Waals surface area (Å²) in [5.41, 5.74) is 3.29. The number of carbonyl (C=O) groups excluding carboxylic acids is 1. The van der Waals surface area contributed by atoms with Crippen molar-refractivity contribution >= 4 is 21.4 Å². The van der Waals surface area contributed by atoms with Crippen molar-refractivity contribution in [3.05, 3.63) is 29.3 Å². The number of nitrogens with one attached hydrogen (secondary N) is 2. The van der Waals surface area contributed by atoms with Gasteiger partial charge in [-0.25, -0.2) is 8.42 Å². The second kappa shape index (κ2) is 5.66. The third kappa shape index (κ3) is 2.65. The highest BCUT2D eigenvalue weighted by atomic mass is 32.2. The van der Waals surface area contributed by atoms with Crippen LogP contribution < -0.4 is 10.6 Å². The molecule has 5 nitrogen and oxygen atoms in total. The second-order valence-electron chi connectivity index (χ2n) is 6.31. The Morgan fingerprint density at radius 2 is 1.86 bits per heavy atom. The van der Waals surface area contributed by atoms with Gasteiger partial charge in [-0.3, -0.25) is 4.79 Å². The van der Waals surface area contributed by atoms with Crippen LogP contribution in [-0.4, -0.2) is 38.4 Å². The molecule has 1 aromatic rings. The van der Waals surface area contributed by atoms with Crippen LogP contribution in [0.1, 0.15) is 30.4 Å².